The predicted molar refractivity (Wildman–Crippen MR) is 80.8 cm³/mol. The normalized spacial score (nSPS) is 15.8. The average Bonchev–Trinajstić information content (AvgIpc) is 3.03. The van der Waals surface area contributed by atoms with Gasteiger partial charge in [-0.2, -0.15) is 5.26 Å². The minimum atomic E-state index is 0.447. The molecule has 0 N–H and O–H groups in total. The smallest absolute Gasteiger partial charge is 0.276 e. The Hall–Kier alpha value is -1.80. The zero-order chi connectivity index (χ0) is 14.5. The topological polar surface area (TPSA) is 62.7 Å². The highest BCUT2D eigenvalue weighted by molar-refractivity contribution is 7.98. The second-order valence-corrected chi connectivity index (χ2v) is 6.27. The Morgan fingerprint density at radius 1 is 1.24 bits per heavy atom. The van der Waals surface area contributed by atoms with Crippen molar-refractivity contribution in [3.05, 3.63) is 41.3 Å². The van der Waals surface area contributed by atoms with Gasteiger partial charge in [0.15, 0.2) is 0 Å². The van der Waals surface area contributed by atoms with Crippen LogP contribution in [0.4, 0.5) is 0 Å². The van der Waals surface area contributed by atoms with E-state index < -0.39 is 0 Å². The summed E-state index contributed by atoms with van der Waals surface area (Å²) in [4.78, 5) is 0. The van der Waals surface area contributed by atoms with Gasteiger partial charge in [0.05, 0.1) is 11.6 Å². The molecule has 4 nitrogen and oxygen atoms in total. The average molecular weight is 299 g/mol. The summed E-state index contributed by atoms with van der Waals surface area (Å²) in [5.41, 5.74) is 1.78. The van der Waals surface area contributed by atoms with Crippen LogP contribution in [0.5, 0.6) is 0 Å². The fraction of sp³-hybridized carbons (Fsp3) is 0.438. The molecule has 1 aromatic heterocycles. The summed E-state index contributed by atoms with van der Waals surface area (Å²) < 4.78 is 5.78. The maximum Gasteiger partial charge on any atom is 0.276 e. The first-order chi connectivity index (χ1) is 10.3. The van der Waals surface area contributed by atoms with Crippen LogP contribution in [-0.4, -0.2) is 10.2 Å². The lowest BCUT2D eigenvalue weighted by Gasteiger charge is -2.17. The molecular formula is C16H17N3OS. The van der Waals surface area contributed by atoms with Gasteiger partial charge in [-0.05, 0) is 30.5 Å². The van der Waals surface area contributed by atoms with Gasteiger partial charge >= 0.3 is 0 Å². The van der Waals surface area contributed by atoms with Crippen LogP contribution in [0.15, 0.2) is 33.9 Å². The number of aromatic nitrogens is 2. The summed E-state index contributed by atoms with van der Waals surface area (Å²) in [6.07, 6.45) is 6.17. The summed E-state index contributed by atoms with van der Waals surface area (Å²) in [6, 6.07) is 9.76. The van der Waals surface area contributed by atoms with Crippen molar-refractivity contribution < 1.29 is 4.42 Å². The van der Waals surface area contributed by atoms with Crippen molar-refractivity contribution in [3.8, 4) is 6.07 Å². The lowest BCUT2D eigenvalue weighted by Crippen LogP contribution is -2.04. The number of nitrogens with zero attached hydrogens (tertiary/aromatic N) is 3. The van der Waals surface area contributed by atoms with Gasteiger partial charge < -0.3 is 4.42 Å². The van der Waals surface area contributed by atoms with Gasteiger partial charge in [-0.25, -0.2) is 0 Å². The number of hydrogen-bond acceptors (Lipinski definition) is 5. The number of nitriles is 1. The Kier molecular flexibility index (Phi) is 4.56. The van der Waals surface area contributed by atoms with Gasteiger partial charge in [0, 0.05) is 11.7 Å². The highest BCUT2D eigenvalue weighted by atomic mass is 32.2. The lowest BCUT2D eigenvalue weighted by atomic mass is 9.89. The number of rotatable bonds is 4. The number of hydrogen-bond donors (Lipinski definition) is 0. The lowest BCUT2D eigenvalue weighted by molar-refractivity contribution is 0.334. The van der Waals surface area contributed by atoms with E-state index in [1.165, 1.54) is 31.0 Å². The monoisotopic (exact) mass is 299 g/mol. The van der Waals surface area contributed by atoms with Crippen molar-refractivity contribution in [1.29, 1.82) is 5.26 Å². The van der Waals surface area contributed by atoms with Gasteiger partial charge in [0.25, 0.3) is 5.22 Å². The van der Waals surface area contributed by atoms with E-state index >= 15 is 0 Å². The van der Waals surface area contributed by atoms with Crippen LogP contribution < -0.4 is 0 Å². The number of thioether (sulfide) groups is 1. The molecule has 0 amide bonds. The van der Waals surface area contributed by atoms with E-state index in [0.717, 1.165) is 30.0 Å². The minimum Gasteiger partial charge on any atom is -0.416 e. The third-order valence-electron chi connectivity index (χ3n) is 3.79. The Labute approximate surface area is 128 Å². The van der Waals surface area contributed by atoms with Crippen LogP contribution >= 0.6 is 11.8 Å². The van der Waals surface area contributed by atoms with E-state index in [-0.39, 0.29) is 0 Å². The zero-order valence-corrected chi connectivity index (χ0v) is 12.6. The molecule has 3 rings (SSSR count). The van der Waals surface area contributed by atoms with E-state index in [9.17, 15) is 0 Å². The van der Waals surface area contributed by atoms with Crippen LogP contribution in [0.1, 0.15) is 55.0 Å². The van der Waals surface area contributed by atoms with Crippen LogP contribution in [0.2, 0.25) is 0 Å². The third-order valence-corrected chi connectivity index (χ3v) is 4.68. The van der Waals surface area contributed by atoms with Gasteiger partial charge in [-0.15, -0.1) is 10.2 Å². The van der Waals surface area contributed by atoms with Crippen molar-refractivity contribution in [3.63, 3.8) is 0 Å². The highest BCUT2D eigenvalue weighted by Crippen LogP contribution is 2.33. The molecule has 21 heavy (non-hydrogen) atoms. The molecule has 1 aliphatic carbocycles. The SMILES string of the molecule is N#Cc1cccc(CSc2nnc(C3CCCCC3)o2)c1. The fourth-order valence-corrected chi connectivity index (χ4v) is 3.38. The van der Waals surface area contributed by atoms with E-state index in [0.29, 0.717) is 16.7 Å². The van der Waals surface area contributed by atoms with Gasteiger partial charge in [-0.1, -0.05) is 43.2 Å². The Balaban J connectivity index is 1.60. The van der Waals surface area contributed by atoms with Crippen molar-refractivity contribution in [2.45, 2.75) is 49.0 Å². The summed E-state index contributed by atoms with van der Waals surface area (Å²) in [5.74, 6) is 1.98. The molecule has 1 saturated carbocycles. The minimum absolute atomic E-state index is 0.447. The van der Waals surface area contributed by atoms with Crippen LogP contribution in [0, 0.1) is 11.3 Å². The quantitative estimate of drug-likeness (QED) is 0.788. The first-order valence-electron chi connectivity index (χ1n) is 7.30. The van der Waals surface area contributed by atoms with Gasteiger partial charge in [0.1, 0.15) is 0 Å². The second-order valence-electron chi connectivity index (χ2n) is 5.34. The molecule has 0 bridgehead atoms. The molecule has 5 heteroatoms. The molecule has 1 heterocycles. The second kappa shape index (κ2) is 6.77. The van der Waals surface area contributed by atoms with E-state index in [1.807, 2.05) is 24.3 Å². The molecule has 0 atom stereocenters. The molecule has 0 radical (unpaired) electrons. The van der Waals surface area contributed by atoms with E-state index in [4.69, 9.17) is 9.68 Å². The van der Waals surface area contributed by atoms with Crippen LogP contribution in [0.25, 0.3) is 0 Å². The van der Waals surface area contributed by atoms with E-state index in [1.54, 1.807) is 0 Å². The molecule has 0 aliphatic heterocycles. The standard InChI is InChI=1S/C16H17N3OS/c17-10-12-5-4-6-13(9-12)11-21-16-19-18-15(20-16)14-7-2-1-3-8-14/h4-6,9,14H,1-3,7-8,11H2. The molecule has 1 aliphatic rings. The summed E-state index contributed by atoms with van der Waals surface area (Å²) in [6.45, 7) is 0. The molecule has 108 valence electrons. The predicted octanol–water partition coefficient (Wildman–Crippen LogP) is 4.28. The zero-order valence-electron chi connectivity index (χ0n) is 11.8. The molecular weight excluding hydrogens is 282 g/mol. The summed E-state index contributed by atoms with van der Waals surface area (Å²) in [5, 5.41) is 17.8. The fourth-order valence-electron chi connectivity index (χ4n) is 2.67. The van der Waals surface area contributed by atoms with Crippen LogP contribution in [0.3, 0.4) is 0 Å². The largest absolute Gasteiger partial charge is 0.416 e. The first kappa shape index (κ1) is 14.2. The van der Waals surface area contributed by atoms with E-state index in [2.05, 4.69) is 16.3 Å². The molecule has 1 fully saturated rings. The van der Waals surface area contributed by atoms with Crippen molar-refractivity contribution in [2.24, 2.45) is 0 Å². The van der Waals surface area contributed by atoms with Crippen molar-refractivity contribution in [2.75, 3.05) is 0 Å². The number of benzene rings is 1. The van der Waals surface area contributed by atoms with Gasteiger partial charge in [0.2, 0.25) is 5.89 Å². The molecule has 0 spiro atoms. The van der Waals surface area contributed by atoms with Crippen molar-refractivity contribution in [1.82, 2.24) is 10.2 Å². The molecule has 1 aromatic carbocycles. The molecule has 2 aromatic rings. The Bertz CT molecular complexity index is 641. The first-order valence-corrected chi connectivity index (χ1v) is 8.29. The molecule has 0 unspecified atom stereocenters. The van der Waals surface area contributed by atoms with Crippen LogP contribution in [-0.2, 0) is 5.75 Å². The Morgan fingerprint density at radius 2 is 2.10 bits per heavy atom. The van der Waals surface area contributed by atoms with Crippen molar-refractivity contribution >= 4 is 11.8 Å². The summed E-state index contributed by atoms with van der Waals surface area (Å²) in [7, 11) is 0. The van der Waals surface area contributed by atoms with Gasteiger partial charge in [-0.3, -0.25) is 0 Å². The maximum atomic E-state index is 8.90. The molecule has 0 saturated heterocycles. The third kappa shape index (κ3) is 3.64. The Morgan fingerprint density at radius 3 is 2.90 bits per heavy atom. The maximum absolute atomic E-state index is 8.90. The highest BCUT2D eigenvalue weighted by Gasteiger charge is 2.21. The summed E-state index contributed by atoms with van der Waals surface area (Å²) >= 11 is 1.53.